The highest BCUT2D eigenvalue weighted by molar-refractivity contribution is 6.31. The Hall–Kier alpha value is -2.02. The molecule has 0 bridgehead atoms. The maximum atomic E-state index is 8.99. The van der Waals surface area contributed by atoms with Crippen LogP contribution in [0.1, 0.15) is 24.1 Å². The molecule has 1 unspecified atom stereocenters. The molecule has 0 amide bonds. The number of rotatable bonds is 4. The molecule has 0 aromatic heterocycles. The van der Waals surface area contributed by atoms with Crippen LogP contribution in [0.25, 0.3) is 0 Å². The Morgan fingerprint density at radius 1 is 1.19 bits per heavy atom. The molecule has 0 aliphatic heterocycles. The predicted molar refractivity (Wildman–Crippen MR) is 88.1 cm³/mol. The maximum absolute atomic E-state index is 8.99. The minimum atomic E-state index is 0.207. The van der Waals surface area contributed by atoms with Gasteiger partial charge in [-0.05, 0) is 49.9 Å². The molecule has 2 aromatic carbocycles. The number of benzene rings is 2. The predicted octanol–water partition coefficient (Wildman–Crippen LogP) is 4.26. The largest absolute Gasteiger partial charge is 0.345 e. The van der Waals surface area contributed by atoms with Gasteiger partial charge in [-0.3, -0.25) is 0 Å². The lowest BCUT2D eigenvalue weighted by Gasteiger charge is -2.21. The number of nitrogens with zero attached hydrogens (tertiary/aromatic N) is 2. The zero-order valence-electron chi connectivity index (χ0n) is 12.4. The summed E-state index contributed by atoms with van der Waals surface area (Å²) in [6.45, 7) is 2.07. The van der Waals surface area contributed by atoms with Gasteiger partial charge < -0.3 is 10.2 Å². The third-order valence-corrected chi connectivity index (χ3v) is 3.96. The van der Waals surface area contributed by atoms with Gasteiger partial charge >= 0.3 is 0 Å². The van der Waals surface area contributed by atoms with Gasteiger partial charge in [0.15, 0.2) is 0 Å². The van der Waals surface area contributed by atoms with Crippen LogP contribution in [0.5, 0.6) is 0 Å². The van der Waals surface area contributed by atoms with Crippen molar-refractivity contribution in [2.75, 3.05) is 19.0 Å². The van der Waals surface area contributed by atoms with E-state index in [0.717, 1.165) is 22.0 Å². The number of hydrogen-bond acceptors (Lipinski definition) is 3. The first-order valence-corrected chi connectivity index (χ1v) is 7.15. The Kier molecular flexibility index (Phi) is 4.85. The van der Waals surface area contributed by atoms with Crippen molar-refractivity contribution in [3.05, 3.63) is 58.6 Å². The number of anilines is 2. The molecule has 0 aliphatic rings. The van der Waals surface area contributed by atoms with Gasteiger partial charge in [-0.2, -0.15) is 5.26 Å². The quantitative estimate of drug-likeness (QED) is 0.917. The van der Waals surface area contributed by atoms with E-state index in [4.69, 9.17) is 16.9 Å². The smallest absolute Gasteiger partial charge is 0.0992 e. The van der Waals surface area contributed by atoms with E-state index in [1.165, 1.54) is 0 Å². The zero-order valence-corrected chi connectivity index (χ0v) is 13.1. The topological polar surface area (TPSA) is 39.1 Å². The molecular weight excluding hydrogens is 282 g/mol. The maximum Gasteiger partial charge on any atom is 0.0992 e. The van der Waals surface area contributed by atoms with Gasteiger partial charge in [-0.15, -0.1) is 0 Å². The van der Waals surface area contributed by atoms with E-state index in [2.05, 4.69) is 18.3 Å². The van der Waals surface area contributed by atoms with Crippen LogP contribution in [0.2, 0.25) is 5.02 Å². The average Bonchev–Trinajstić information content (AvgIpc) is 2.53. The molecule has 0 saturated heterocycles. The van der Waals surface area contributed by atoms with Crippen molar-refractivity contribution in [2.24, 2.45) is 0 Å². The van der Waals surface area contributed by atoms with E-state index >= 15 is 0 Å². The summed E-state index contributed by atoms with van der Waals surface area (Å²) in [6, 6.07) is 15.9. The summed E-state index contributed by atoms with van der Waals surface area (Å²) in [5.74, 6) is 0. The van der Waals surface area contributed by atoms with Gasteiger partial charge in [0.1, 0.15) is 0 Å². The Labute approximate surface area is 130 Å². The van der Waals surface area contributed by atoms with E-state index in [-0.39, 0.29) is 6.04 Å². The highest BCUT2D eigenvalue weighted by Crippen LogP contribution is 2.30. The standard InChI is InChI=1S/C17H18ClN3/c1-12(20-2)16-8-7-15(10-17(16)18)21(3)14-6-4-5-13(9-14)11-19/h4-10,12,20H,1-3H3. The van der Waals surface area contributed by atoms with Crippen molar-refractivity contribution in [1.29, 1.82) is 5.26 Å². The summed E-state index contributed by atoms with van der Waals surface area (Å²) in [7, 11) is 3.87. The van der Waals surface area contributed by atoms with E-state index in [1.54, 1.807) is 6.07 Å². The molecule has 21 heavy (non-hydrogen) atoms. The van der Waals surface area contributed by atoms with Crippen molar-refractivity contribution in [3.63, 3.8) is 0 Å². The van der Waals surface area contributed by atoms with Gasteiger partial charge in [0.25, 0.3) is 0 Å². The van der Waals surface area contributed by atoms with E-state index in [1.807, 2.05) is 55.4 Å². The number of nitrogens with one attached hydrogen (secondary N) is 1. The summed E-state index contributed by atoms with van der Waals surface area (Å²) < 4.78 is 0. The third-order valence-electron chi connectivity index (χ3n) is 3.63. The monoisotopic (exact) mass is 299 g/mol. The van der Waals surface area contributed by atoms with Crippen LogP contribution < -0.4 is 10.2 Å². The molecular formula is C17H18ClN3. The molecule has 0 heterocycles. The SMILES string of the molecule is CNC(C)c1ccc(N(C)c2cccc(C#N)c2)cc1Cl. The number of halogens is 1. The Morgan fingerprint density at radius 2 is 1.90 bits per heavy atom. The van der Waals surface area contributed by atoms with Crippen LogP contribution in [0.15, 0.2) is 42.5 Å². The second-order valence-electron chi connectivity index (χ2n) is 4.94. The van der Waals surface area contributed by atoms with Crippen LogP contribution in [0.4, 0.5) is 11.4 Å². The average molecular weight is 300 g/mol. The minimum absolute atomic E-state index is 0.207. The number of hydrogen-bond donors (Lipinski definition) is 1. The lowest BCUT2D eigenvalue weighted by atomic mass is 10.1. The molecule has 0 radical (unpaired) electrons. The summed E-state index contributed by atoms with van der Waals surface area (Å²) in [6.07, 6.45) is 0. The van der Waals surface area contributed by atoms with Gasteiger partial charge in [0, 0.05) is 29.5 Å². The van der Waals surface area contributed by atoms with Gasteiger partial charge in [0.05, 0.1) is 11.6 Å². The molecule has 0 saturated carbocycles. The molecule has 1 atom stereocenters. The highest BCUT2D eigenvalue weighted by atomic mass is 35.5. The molecule has 0 aliphatic carbocycles. The van der Waals surface area contributed by atoms with Crippen molar-refractivity contribution in [1.82, 2.24) is 5.32 Å². The van der Waals surface area contributed by atoms with Crippen molar-refractivity contribution >= 4 is 23.0 Å². The fourth-order valence-corrected chi connectivity index (χ4v) is 2.50. The molecule has 0 spiro atoms. The first kappa shape index (κ1) is 15.4. The molecule has 2 aromatic rings. The summed E-state index contributed by atoms with van der Waals surface area (Å²) >= 11 is 6.37. The fraction of sp³-hybridized carbons (Fsp3) is 0.235. The number of nitriles is 1. The highest BCUT2D eigenvalue weighted by Gasteiger charge is 2.11. The zero-order chi connectivity index (χ0) is 15.4. The lowest BCUT2D eigenvalue weighted by molar-refractivity contribution is 0.652. The normalized spacial score (nSPS) is 11.8. The van der Waals surface area contributed by atoms with Crippen molar-refractivity contribution in [3.8, 4) is 6.07 Å². The van der Waals surface area contributed by atoms with Crippen LogP contribution in [-0.2, 0) is 0 Å². The molecule has 4 heteroatoms. The molecule has 3 nitrogen and oxygen atoms in total. The van der Waals surface area contributed by atoms with Gasteiger partial charge in [-0.25, -0.2) is 0 Å². The summed E-state index contributed by atoms with van der Waals surface area (Å²) in [5.41, 5.74) is 3.66. The lowest BCUT2D eigenvalue weighted by Crippen LogP contribution is -2.14. The molecule has 2 rings (SSSR count). The second kappa shape index (κ2) is 6.62. The van der Waals surface area contributed by atoms with Gasteiger partial charge in [-0.1, -0.05) is 23.7 Å². The van der Waals surface area contributed by atoms with E-state index in [9.17, 15) is 0 Å². The first-order chi connectivity index (χ1) is 10.1. The van der Waals surface area contributed by atoms with Crippen molar-refractivity contribution in [2.45, 2.75) is 13.0 Å². The third kappa shape index (κ3) is 3.36. The summed E-state index contributed by atoms with van der Waals surface area (Å²) in [5, 5.41) is 12.9. The molecule has 0 fully saturated rings. The van der Waals surface area contributed by atoms with Crippen molar-refractivity contribution < 1.29 is 0 Å². The van der Waals surface area contributed by atoms with Crippen LogP contribution >= 0.6 is 11.6 Å². The van der Waals surface area contributed by atoms with Crippen LogP contribution in [0.3, 0.4) is 0 Å². The molecule has 108 valence electrons. The van der Waals surface area contributed by atoms with Crippen LogP contribution in [-0.4, -0.2) is 14.1 Å². The summed E-state index contributed by atoms with van der Waals surface area (Å²) in [4.78, 5) is 2.01. The first-order valence-electron chi connectivity index (χ1n) is 6.77. The van der Waals surface area contributed by atoms with E-state index in [0.29, 0.717) is 5.56 Å². The minimum Gasteiger partial charge on any atom is -0.345 e. The molecule has 1 N–H and O–H groups in total. The van der Waals surface area contributed by atoms with Gasteiger partial charge in [0.2, 0.25) is 0 Å². The Morgan fingerprint density at radius 3 is 2.52 bits per heavy atom. The fourth-order valence-electron chi connectivity index (χ4n) is 2.16. The van der Waals surface area contributed by atoms with E-state index < -0.39 is 0 Å². The Bertz CT molecular complexity index is 676. The second-order valence-corrected chi connectivity index (χ2v) is 5.34. The van der Waals surface area contributed by atoms with Crippen LogP contribution in [0, 0.1) is 11.3 Å². The Balaban J connectivity index is 2.33.